The largest absolute Gasteiger partial charge is 0.489 e. The Morgan fingerprint density at radius 3 is 3.00 bits per heavy atom. The molecular formula is C16H16O4. The summed E-state index contributed by atoms with van der Waals surface area (Å²) in [4.78, 5) is 24.3. The number of ether oxygens (including phenoxy) is 2. The van der Waals surface area contributed by atoms with Crippen LogP contribution in [0.5, 0.6) is 5.75 Å². The van der Waals surface area contributed by atoms with Crippen LogP contribution in [-0.4, -0.2) is 24.5 Å². The van der Waals surface area contributed by atoms with Crippen molar-refractivity contribution in [1.82, 2.24) is 0 Å². The van der Waals surface area contributed by atoms with Crippen molar-refractivity contribution in [3.05, 3.63) is 41.5 Å². The number of benzene rings is 1. The smallest absolute Gasteiger partial charge is 0.333 e. The summed E-state index contributed by atoms with van der Waals surface area (Å²) in [6.07, 6.45) is 2.63. The summed E-state index contributed by atoms with van der Waals surface area (Å²) < 4.78 is 10.9. The Bertz CT molecular complexity index is 588. The molecule has 0 N–H and O–H groups in total. The third-order valence-corrected chi connectivity index (χ3v) is 3.79. The lowest BCUT2D eigenvalue weighted by Gasteiger charge is -2.34. The van der Waals surface area contributed by atoms with E-state index in [9.17, 15) is 9.59 Å². The van der Waals surface area contributed by atoms with Gasteiger partial charge in [0.25, 0.3) is 0 Å². The van der Waals surface area contributed by atoms with Gasteiger partial charge in [0.2, 0.25) is 0 Å². The lowest BCUT2D eigenvalue weighted by molar-refractivity contribution is -0.138. The van der Waals surface area contributed by atoms with Crippen LogP contribution in [0.15, 0.2) is 35.9 Å². The SMILES string of the molecule is CCOC(=O)C1=CC[C@H]2Oc3ccccc3C(=O)[C@@H]2C1. The highest BCUT2D eigenvalue weighted by Crippen LogP contribution is 2.37. The van der Waals surface area contributed by atoms with E-state index in [1.165, 1.54) is 0 Å². The summed E-state index contributed by atoms with van der Waals surface area (Å²) in [5.41, 5.74) is 1.20. The van der Waals surface area contributed by atoms with Crippen LogP contribution in [0.25, 0.3) is 0 Å². The van der Waals surface area contributed by atoms with Gasteiger partial charge in [-0.1, -0.05) is 18.2 Å². The van der Waals surface area contributed by atoms with E-state index in [1.54, 1.807) is 13.0 Å². The van der Waals surface area contributed by atoms with Crippen molar-refractivity contribution in [2.45, 2.75) is 25.9 Å². The van der Waals surface area contributed by atoms with E-state index in [0.29, 0.717) is 36.3 Å². The molecule has 3 rings (SSSR count). The van der Waals surface area contributed by atoms with Crippen molar-refractivity contribution in [2.75, 3.05) is 6.61 Å². The summed E-state index contributed by atoms with van der Waals surface area (Å²) in [5.74, 6) is 0.102. The van der Waals surface area contributed by atoms with E-state index >= 15 is 0 Å². The maximum absolute atomic E-state index is 12.5. The molecule has 2 atom stereocenters. The Hall–Kier alpha value is -2.10. The van der Waals surface area contributed by atoms with Crippen LogP contribution in [-0.2, 0) is 9.53 Å². The van der Waals surface area contributed by atoms with Gasteiger partial charge in [-0.05, 0) is 25.5 Å². The van der Waals surface area contributed by atoms with Crippen molar-refractivity contribution in [2.24, 2.45) is 5.92 Å². The number of hydrogen-bond acceptors (Lipinski definition) is 4. The van der Waals surface area contributed by atoms with E-state index in [4.69, 9.17) is 9.47 Å². The highest BCUT2D eigenvalue weighted by atomic mass is 16.5. The number of esters is 1. The van der Waals surface area contributed by atoms with Crippen molar-refractivity contribution in [3.8, 4) is 5.75 Å². The second-order valence-corrected chi connectivity index (χ2v) is 5.01. The fourth-order valence-corrected chi connectivity index (χ4v) is 2.79. The van der Waals surface area contributed by atoms with Gasteiger partial charge in [0.15, 0.2) is 5.78 Å². The van der Waals surface area contributed by atoms with E-state index in [0.717, 1.165) is 0 Å². The average molecular weight is 272 g/mol. The molecule has 0 fully saturated rings. The molecule has 104 valence electrons. The summed E-state index contributed by atoms with van der Waals surface area (Å²) in [7, 11) is 0. The molecule has 0 saturated carbocycles. The number of carbonyl (C=O) groups is 2. The van der Waals surface area contributed by atoms with Gasteiger partial charge >= 0.3 is 5.97 Å². The molecular weight excluding hydrogens is 256 g/mol. The van der Waals surface area contributed by atoms with Gasteiger partial charge in [-0.15, -0.1) is 0 Å². The average Bonchev–Trinajstić information content (AvgIpc) is 2.47. The first-order valence-electron chi connectivity index (χ1n) is 6.86. The zero-order valence-electron chi connectivity index (χ0n) is 11.3. The number of carbonyl (C=O) groups excluding carboxylic acids is 2. The summed E-state index contributed by atoms with van der Waals surface area (Å²) in [6.45, 7) is 2.12. The highest BCUT2D eigenvalue weighted by Gasteiger charge is 2.40. The molecule has 0 bridgehead atoms. The molecule has 20 heavy (non-hydrogen) atoms. The van der Waals surface area contributed by atoms with Crippen LogP contribution in [0.1, 0.15) is 30.1 Å². The number of Topliss-reactive ketones (excluding diaryl/α,β-unsaturated/α-hetero) is 1. The second-order valence-electron chi connectivity index (χ2n) is 5.01. The third-order valence-electron chi connectivity index (χ3n) is 3.79. The minimum atomic E-state index is -0.322. The first-order chi connectivity index (χ1) is 9.70. The fourth-order valence-electron chi connectivity index (χ4n) is 2.79. The van der Waals surface area contributed by atoms with E-state index in [1.807, 2.05) is 24.3 Å². The molecule has 2 aliphatic rings. The van der Waals surface area contributed by atoms with Crippen LogP contribution in [0.4, 0.5) is 0 Å². The Balaban J connectivity index is 1.85. The van der Waals surface area contributed by atoms with Gasteiger partial charge in [0, 0.05) is 12.0 Å². The van der Waals surface area contributed by atoms with Crippen molar-refractivity contribution in [3.63, 3.8) is 0 Å². The maximum Gasteiger partial charge on any atom is 0.333 e. The zero-order valence-corrected chi connectivity index (χ0v) is 11.3. The predicted molar refractivity (Wildman–Crippen MR) is 72.6 cm³/mol. The molecule has 0 amide bonds. The maximum atomic E-state index is 12.5. The predicted octanol–water partition coefficient (Wildman–Crippen LogP) is 2.53. The van der Waals surface area contributed by atoms with Crippen LogP contribution >= 0.6 is 0 Å². The first-order valence-corrected chi connectivity index (χ1v) is 6.86. The monoisotopic (exact) mass is 272 g/mol. The second kappa shape index (κ2) is 5.12. The molecule has 0 radical (unpaired) electrons. The number of para-hydroxylation sites is 1. The number of ketones is 1. The molecule has 1 heterocycles. The fraction of sp³-hybridized carbons (Fsp3) is 0.375. The van der Waals surface area contributed by atoms with Gasteiger partial charge in [-0.25, -0.2) is 4.79 Å². The molecule has 4 heteroatoms. The van der Waals surface area contributed by atoms with E-state index in [2.05, 4.69) is 0 Å². The summed E-state index contributed by atoms with van der Waals surface area (Å²) in [6, 6.07) is 7.27. The van der Waals surface area contributed by atoms with Crippen LogP contribution < -0.4 is 4.74 Å². The Labute approximate surface area is 117 Å². The Morgan fingerprint density at radius 1 is 1.40 bits per heavy atom. The zero-order chi connectivity index (χ0) is 14.1. The number of hydrogen-bond donors (Lipinski definition) is 0. The van der Waals surface area contributed by atoms with Crippen molar-refractivity contribution >= 4 is 11.8 Å². The van der Waals surface area contributed by atoms with E-state index in [-0.39, 0.29) is 23.8 Å². The molecule has 0 unspecified atom stereocenters. The minimum Gasteiger partial charge on any atom is -0.489 e. The topological polar surface area (TPSA) is 52.6 Å². The molecule has 0 aromatic heterocycles. The molecule has 0 spiro atoms. The van der Waals surface area contributed by atoms with Crippen LogP contribution in [0, 0.1) is 5.92 Å². The number of rotatable bonds is 2. The molecule has 4 nitrogen and oxygen atoms in total. The van der Waals surface area contributed by atoms with Crippen LogP contribution in [0.2, 0.25) is 0 Å². The summed E-state index contributed by atoms with van der Waals surface area (Å²) in [5, 5.41) is 0. The highest BCUT2D eigenvalue weighted by molar-refractivity contribution is 6.03. The minimum absolute atomic E-state index is 0.0618. The Morgan fingerprint density at radius 2 is 2.20 bits per heavy atom. The quantitative estimate of drug-likeness (QED) is 0.776. The van der Waals surface area contributed by atoms with Crippen molar-refractivity contribution in [1.29, 1.82) is 0 Å². The Kier molecular flexibility index (Phi) is 3.30. The lowest BCUT2D eigenvalue weighted by atomic mass is 9.79. The van der Waals surface area contributed by atoms with Gasteiger partial charge in [-0.2, -0.15) is 0 Å². The molecule has 0 saturated heterocycles. The normalized spacial score (nSPS) is 24.1. The molecule has 1 aliphatic carbocycles. The van der Waals surface area contributed by atoms with Gasteiger partial charge in [0.1, 0.15) is 11.9 Å². The van der Waals surface area contributed by atoms with Crippen LogP contribution in [0.3, 0.4) is 0 Å². The molecule has 1 aromatic carbocycles. The summed E-state index contributed by atoms with van der Waals surface area (Å²) >= 11 is 0. The third kappa shape index (κ3) is 2.11. The van der Waals surface area contributed by atoms with Crippen molar-refractivity contribution < 1.29 is 19.1 Å². The lowest BCUT2D eigenvalue weighted by Crippen LogP contribution is -2.40. The first kappa shape index (κ1) is 12.9. The van der Waals surface area contributed by atoms with Gasteiger partial charge in [-0.3, -0.25) is 4.79 Å². The standard InChI is InChI=1S/C16H16O4/c1-2-19-16(18)10-7-8-14-12(9-10)15(17)11-5-3-4-6-13(11)20-14/h3-7,12,14H,2,8-9H2,1H3/t12-,14-/m1/s1. The van der Waals surface area contributed by atoms with E-state index < -0.39 is 0 Å². The van der Waals surface area contributed by atoms with Gasteiger partial charge in [0.05, 0.1) is 18.1 Å². The molecule has 1 aromatic rings. The number of fused-ring (bicyclic) bond motifs is 2. The molecule has 1 aliphatic heterocycles. The van der Waals surface area contributed by atoms with Gasteiger partial charge < -0.3 is 9.47 Å².